The second-order valence-corrected chi connectivity index (χ2v) is 8.37. The summed E-state index contributed by atoms with van der Waals surface area (Å²) in [7, 11) is -2.97. The molecule has 21 heavy (non-hydrogen) atoms. The van der Waals surface area contributed by atoms with Crippen LogP contribution in [0.3, 0.4) is 0 Å². The maximum atomic E-state index is 12.4. The average molecular weight is 368 g/mol. The highest BCUT2D eigenvalue weighted by molar-refractivity contribution is 9.10. The molecule has 0 spiro atoms. The second kappa shape index (κ2) is 5.42. The minimum absolute atomic E-state index is 0.0548. The van der Waals surface area contributed by atoms with Crippen LogP contribution < -0.4 is 0 Å². The van der Waals surface area contributed by atoms with Gasteiger partial charge in [0.1, 0.15) is 0 Å². The predicted octanol–water partition coefficient (Wildman–Crippen LogP) is 2.47. The van der Waals surface area contributed by atoms with Gasteiger partial charge >= 0.3 is 0 Å². The summed E-state index contributed by atoms with van der Waals surface area (Å²) >= 11 is 3.42. The lowest BCUT2D eigenvalue weighted by Gasteiger charge is -2.26. The van der Waals surface area contributed by atoms with Crippen LogP contribution in [0.2, 0.25) is 0 Å². The van der Waals surface area contributed by atoms with Crippen LogP contribution in [0.15, 0.2) is 40.9 Å². The zero-order valence-electron chi connectivity index (χ0n) is 11.3. The molecule has 1 aliphatic rings. The van der Waals surface area contributed by atoms with Crippen molar-refractivity contribution in [1.29, 1.82) is 0 Å². The Hall–Kier alpha value is -1.40. The van der Waals surface area contributed by atoms with E-state index in [4.69, 9.17) is 0 Å². The van der Waals surface area contributed by atoms with Crippen molar-refractivity contribution >= 4 is 42.4 Å². The highest BCUT2D eigenvalue weighted by Crippen LogP contribution is 2.22. The Morgan fingerprint density at radius 1 is 1.00 bits per heavy atom. The van der Waals surface area contributed by atoms with Crippen molar-refractivity contribution in [2.24, 2.45) is 0 Å². The number of halogens is 1. The van der Waals surface area contributed by atoms with E-state index in [0.29, 0.717) is 5.56 Å². The molecule has 4 nitrogen and oxygen atoms in total. The predicted molar refractivity (Wildman–Crippen MR) is 86.2 cm³/mol. The van der Waals surface area contributed by atoms with Crippen LogP contribution in [-0.2, 0) is 9.84 Å². The van der Waals surface area contributed by atoms with Crippen molar-refractivity contribution < 1.29 is 13.2 Å². The Kier molecular flexibility index (Phi) is 3.75. The fraction of sp³-hybridized carbons (Fsp3) is 0.267. The standard InChI is InChI=1S/C15H14BrNO3S/c16-14-4-3-11-9-13(2-1-12(11)10-14)15(18)17-5-7-21(19,20)8-6-17/h1-4,9-10H,5-8H2. The summed E-state index contributed by atoms with van der Waals surface area (Å²) in [4.78, 5) is 14.1. The number of amides is 1. The van der Waals surface area contributed by atoms with Crippen LogP contribution in [-0.4, -0.2) is 43.8 Å². The highest BCUT2D eigenvalue weighted by atomic mass is 79.9. The summed E-state index contributed by atoms with van der Waals surface area (Å²) < 4.78 is 23.8. The normalized spacial score (nSPS) is 17.9. The van der Waals surface area contributed by atoms with E-state index < -0.39 is 9.84 Å². The molecule has 1 amide bonds. The van der Waals surface area contributed by atoms with Crippen LogP contribution in [0.5, 0.6) is 0 Å². The minimum Gasteiger partial charge on any atom is -0.337 e. The van der Waals surface area contributed by atoms with Crippen LogP contribution in [0.4, 0.5) is 0 Å². The Labute approximate surface area is 131 Å². The van der Waals surface area contributed by atoms with Gasteiger partial charge in [0.15, 0.2) is 9.84 Å². The molecule has 1 heterocycles. The molecule has 0 aromatic heterocycles. The van der Waals surface area contributed by atoms with Crippen LogP contribution in [0.1, 0.15) is 10.4 Å². The van der Waals surface area contributed by atoms with Gasteiger partial charge in [-0.05, 0) is 35.0 Å². The van der Waals surface area contributed by atoms with Crippen LogP contribution in [0.25, 0.3) is 10.8 Å². The van der Waals surface area contributed by atoms with Gasteiger partial charge < -0.3 is 4.90 Å². The summed E-state index contributed by atoms with van der Waals surface area (Å²) in [6, 6.07) is 11.4. The monoisotopic (exact) mass is 367 g/mol. The SMILES string of the molecule is O=C(c1ccc2cc(Br)ccc2c1)N1CCS(=O)(=O)CC1. The molecule has 0 aliphatic carbocycles. The van der Waals surface area contributed by atoms with E-state index >= 15 is 0 Å². The molecule has 0 unspecified atom stereocenters. The maximum absolute atomic E-state index is 12.4. The Bertz CT molecular complexity index is 803. The van der Waals surface area contributed by atoms with Crippen molar-refractivity contribution in [1.82, 2.24) is 4.90 Å². The van der Waals surface area contributed by atoms with E-state index in [1.807, 2.05) is 30.3 Å². The molecule has 1 saturated heterocycles. The van der Waals surface area contributed by atoms with Gasteiger partial charge in [-0.25, -0.2) is 8.42 Å². The number of sulfone groups is 1. The van der Waals surface area contributed by atoms with E-state index in [1.165, 1.54) is 0 Å². The lowest BCUT2D eigenvalue weighted by Crippen LogP contribution is -2.43. The Balaban J connectivity index is 1.86. The molecule has 3 rings (SSSR count). The van der Waals surface area contributed by atoms with E-state index in [9.17, 15) is 13.2 Å². The molecule has 0 radical (unpaired) electrons. The summed E-state index contributed by atoms with van der Waals surface area (Å²) in [5, 5.41) is 2.05. The van der Waals surface area contributed by atoms with Gasteiger partial charge in [-0.1, -0.05) is 28.1 Å². The first-order valence-electron chi connectivity index (χ1n) is 6.64. The van der Waals surface area contributed by atoms with E-state index in [-0.39, 0.29) is 30.5 Å². The number of nitrogens with zero attached hydrogens (tertiary/aromatic N) is 1. The summed E-state index contributed by atoms with van der Waals surface area (Å²) in [6.07, 6.45) is 0. The fourth-order valence-electron chi connectivity index (χ4n) is 2.45. The zero-order valence-corrected chi connectivity index (χ0v) is 13.7. The van der Waals surface area contributed by atoms with Gasteiger partial charge in [-0.3, -0.25) is 4.79 Å². The molecule has 0 saturated carbocycles. The van der Waals surface area contributed by atoms with Gasteiger partial charge in [-0.15, -0.1) is 0 Å². The number of carbonyl (C=O) groups is 1. The number of benzene rings is 2. The van der Waals surface area contributed by atoms with Gasteiger partial charge in [0.05, 0.1) is 11.5 Å². The quantitative estimate of drug-likeness (QED) is 0.777. The largest absolute Gasteiger partial charge is 0.337 e. The van der Waals surface area contributed by atoms with Crippen molar-refractivity contribution in [2.45, 2.75) is 0 Å². The summed E-state index contributed by atoms with van der Waals surface area (Å²) in [6.45, 7) is 0.555. The molecule has 6 heteroatoms. The first-order chi connectivity index (χ1) is 9.94. The molecule has 0 bridgehead atoms. The van der Waals surface area contributed by atoms with Crippen LogP contribution >= 0.6 is 15.9 Å². The lowest BCUT2D eigenvalue weighted by atomic mass is 10.1. The van der Waals surface area contributed by atoms with Crippen molar-refractivity contribution in [3.63, 3.8) is 0 Å². The van der Waals surface area contributed by atoms with Crippen molar-refractivity contribution in [3.8, 4) is 0 Å². The van der Waals surface area contributed by atoms with E-state index in [2.05, 4.69) is 15.9 Å². The molecule has 2 aromatic rings. The minimum atomic E-state index is -2.97. The average Bonchev–Trinajstić information content (AvgIpc) is 2.46. The third kappa shape index (κ3) is 3.11. The molecular weight excluding hydrogens is 354 g/mol. The molecule has 1 fully saturated rings. The first-order valence-corrected chi connectivity index (χ1v) is 9.25. The highest BCUT2D eigenvalue weighted by Gasteiger charge is 2.25. The van der Waals surface area contributed by atoms with Crippen LogP contribution in [0, 0.1) is 0 Å². The van der Waals surface area contributed by atoms with E-state index in [0.717, 1.165) is 15.2 Å². The number of hydrogen-bond donors (Lipinski definition) is 0. The van der Waals surface area contributed by atoms with Gasteiger partial charge in [-0.2, -0.15) is 0 Å². The Morgan fingerprint density at radius 2 is 1.62 bits per heavy atom. The van der Waals surface area contributed by atoms with Gasteiger partial charge in [0.25, 0.3) is 5.91 Å². The first kappa shape index (κ1) is 14.5. The van der Waals surface area contributed by atoms with Gasteiger partial charge in [0, 0.05) is 23.1 Å². The topological polar surface area (TPSA) is 54.5 Å². The second-order valence-electron chi connectivity index (χ2n) is 5.15. The molecule has 0 N–H and O–H groups in total. The summed E-state index contributed by atoms with van der Waals surface area (Å²) in [5.74, 6) is 0.00755. The third-order valence-electron chi connectivity index (χ3n) is 3.68. The number of fused-ring (bicyclic) bond motifs is 1. The number of hydrogen-bond acceptors (Lipinski definition) is 3. The zero-order chi connectivity index (χ0) is 15.0. The van der Waals surface area contributed by atoms with E-state index in [1.54, 1.807) is 11.0 Å². The Morgan fingerprint density at radius 3 is 2.33 bits per heavy atom. The molecule has 110 valence electrons. The maximum Gasteiger partial charge on any atom is 0.253 e. The smallest absolute Gasteiger partial charge is 0.253 e. The fourth-order valence-corrected chi connectivity index (χ4v) is 4.03. The molecule has 1 aliphatic heterocycles. The molecule has 0 atom stereocenters. The lowest BCUT2D eigenvalue weighted by molar-refractivity contribution is 0.0770. The molecular formula is C15H14BrNO3S. The summed E-state index contributed by atoms with van der Waals surface area (Å²) in [5.41, 5.74) is 0.601. The van der Waals surface area contributed by atoms with Crippen molar-refractivity contribution in [3.05, 3.63) is 46.4 Å². The third-order valence-corrected chi connectivity index (χ3v) is 5.78. The number of carbonyl (C=O) groups excluding carboxylic acids is 1. The van der Waals surface area contributed by atoms with Gasteiger partial charge in [0.2, 0.25) is 0 Å². The van der Waals surface area contributed by atoms with Crippen molar-refractivity contribution in [2.75, 3.05) is 24.6 Å². The molecule has 2 aromatic carbocycles. The number of rotatable bonds is 1.